The molecule has 6 nitrogen and oxygen atoms in total. The van der Waals surface area contributed by atoms with E-state index < -0.39 is 20.0 Å². The number of hydrogen-bond donors (Lipinski definition) is 0. The summed E-state index contributed by atoms with van der Waals surface area (Å²) in [6.07, 6.45) is 0.894. The van der Waals surface area contributed by atoms with Crippen molar-refractivity contribution in [1.29, 1.82) is 0 Å². The third-order valence-electron chi connectivity index (χ3n) is 6.11. The lowest BCUT2D eigenvalue weighted by molar-refractivity contribution is 0.365. The summed E-state index contributed by atoms with van der Waals surface area (Å²) >= 11 is 5.89. The Morgan fingerprint density at radius 2 is 0.971 bits per heavy atom. The molecule has 0 spiro atoms. The van der Waals surface area contributed by atoms with E-state index in [0.717, 1.165) is 22.3 Å². The SMILES string of the molecule is CCN(CCCN(CCCCl)S(=O)(=O)c1c(C)cc(C)cc1C)S(=O)(=O)c1c(C)cc(C)cc1C. The molecule has 2 aromatic carbocycles. The molecule has 2 rings (SSSR count). The Morgan fingerprint density at radius 1 is 0.629 bits per heavy atom. The number of rotatable bonds is 12. The Bertz CT molecular complexity index is 1210. The number of alkyl halides is 1. The molecular weight excluding hydrogens is 504 g/mol. The minimum absolute atomic E-state index is 0.212. The van der Waals surface area contributed by atoms with Gasteiger partial charge in [-0.25, -0.2) is 16.8 Å². The molecule has 0 saturated heterocycles. The van der Waals surface area contributed by atoms with E-state index in [2.05, 4.69) is 0 Å². The standard InChI is InChI=1S/C26H39ClN2O4S2/c1-8-28(34(30,31)25-21(4)15-19(2)16-22(25)5)13-10-14-29(12-9-11-27)35(32,33)26-23(6)17-20(3)18-24(26)7/h15-18H,8-14H2,1-7H3. The number of nitrogens with zero attached hydrogens (tertiary/aromatic N) is 2. The van der Waals surface area contributed by atoms with Crippen molar-refractivity contribution in [1.82, 2.24) is 8.61 Å². The van der Waals surface area contributed by atoms with Gasteiger partial charge in [-0.05, 0) is 76.6 Å². The first-order chi connectivity index (χ1) is 16.3. The quantitative estimate of drug-likeness (QED) is 0.343. The highest BCUT2D eigenvalue weighted by molar-refractivity contribution is 7.89. The molecule has 0 unspecified atom stereocenters. The van der Waals surface area contributed by atoms with Gasteiger partial charge < -0.3 is 0 Å². The summed E-state index contributed by atoms with van der Waals surface area (Å²) in [5.74, 6) is 0.347. The first kappa shape index (κ1) is 29.8. The van der Waals surface area contributed by atoms with Gasteiger partial charge >= 0.3 is 0 Å². The summed E-state index contributed by atoms with van der Waals surface area (Å²) in [5.41, 5.74) is 4.89. The highest BCUT2D eigenvalue weighted by Gasteiger charge is 2.30. The first-order valence-corrected chi connectivity index (χ1v) is 15.4. The van der Waals surface area contributed by atoms with Crippen molar-refractivity contribution < 1.29 is 16.8 Å². The normalized spacial score (nSPS) is 12.6. The maximum absolute atomic E-state index is 13.6. The summed E-state index contributed by atoms with van der Waals surface area (Å²) in [6, 6.07) is 7.50. The molecule has 196 valence electrons. The van der Waals surface area contributed by atoms with Crippen LogP contribution in [0.2, 0.25) is 0 Å². The van der Waals surface area contributed by atoms with Gasteiger partial charge in [0.25, 0.3) is 0 Å². The average Bonchev–Trinajstić information content (AvgIpc) is 2.70. The molecule has 0 aliphatic rings. The van der Waals surface area contributed by atoms with Crippen LogP contribution < -0.4 is 0 Å². The second kappa shape index (κ2) is 12.2. The molecule has 0 aliphatic heterocycles. The van der Waals surface area contributed by atoms with Crippen LogP contribution in [0, 0.1) is 41.5 Å². The van der Waals surface area contributed by atoms with Crippen molar-refractivity contribution in [3.8, 4) is 0 Å². The monoisotopic (exact) mass is 542 g/mol. The molecule has 0 aliphatic carbocycles. The third kappa shape index (κ3) is 6.86. The van der Waals surface area contributed by atoms with Crippen molar-refractivity contribution in [2.75, 3.05) is 32.1 Å². The fraction of sp³-hybridized carbons (Fsp3) is 0.538. The Hall–Kier alpha value is -1.45. The summed E-state index contributed by atoms with van der Waals surface area (Å²) < 4.78 is 57.1. The second-order valence-electron chi connectivity index (χ2n) is 9.25. The molecule has 0 bridgehead atoms. The van der Waals surface area contributed by atoms with Crippen LogP contribution in [0.3, 0.4) is 0 Å². The number of sulfonamides is 2. The van der Waals surface area contributed by atoms with E-state index >= 15 is 0 Å². The van der Waals surface area contributed by atoms with Crippen molar-refractivity contribution >= 4 is 31.6 Å². The van der Waals surface area contributed by atoms with Gasteiger partial charge in [0.1, 0.15) is 0 Å². The van der Waals surface area contributed by atoms with E-state index in [4.69, 9.17) is 11.6 Å². The molecular formula is C26H39ClN2O4S2. The molecule has 0 fully saturated rings. The third-order valence-corrected chi connectivity index (χ3v) is 10.9. The average molecular weight is 543 g/mol. The molecule has 0 saturated carbocycles. The zero-order valence-electron chi connectivity index (χ0n) is 22.0. The van der Waals surface area contributed by atoms with Crippen LogP contribution in [0.4, 0.5) is 0 Å². The van der Waals surface area contributed by atoms with Crippen LogP contribution in [0.5, 0.6) is 0 Å². The molecule has 0 aromatic heterocycles. The lowest BCUT2D eigenvalue weighted by Crippen LogP contribution is -2.38. The topological polar surface area (TPSA) is 74.8 Å². The highest BCUT2D eigenvalue weighted by atomic mass is 35.5. The van der Waals surface area contributed by atoms with Gasteiger partial charge in [0.05, 0.1) is 9.79 Å². The van der Waals surface area contributed by atoms with Gasteiger partial charge in [-0.1, -0.05) is 42.3 Å². The van der Waals surface area contributed by atoms with E-state index in [1.807, 2.05) is 65.8 Å². The molecule has 0 radical (unpaired) electrons. The van der Waals surface area contributed by atoms with Gasteiger partial charge in [-0.2, -0.15) is 8.61 Å². The maximum Gasteiger partial charge on any atom is 0.243 e. The second-order valence-corrected chi connectivity index (χ2v) is 13.4. The van der Waals surface area contributed by atoms with Crippen LogP contribution in [0.25, 0.3) is 0 Å². The van der Waals surface area contributed by atoms with Crippen molar-refractivity contribution in [2.24, 2.45) is 0 Å². The number of benzene rings is 2. The van der Waals surface area contributed by atoms with Crippen molar-refractivity contribution in [3.63, 3.8) is 0 Å². The van der Waals surface area contributed by atoms with Gasteiger partial charge in [0.15, 0.2) is 0 Å². The summed E-state index contributed by atoms with van der Waals surface area (Å²) in [5, 5.41) is 0. The minimum Gasteiger partial charge on any atom is -0.207 e. The fourth-order valence-corrected chi connectivity index (χ4v) is 8.81. The van der Waals surface area contributed by atoms with Crippen LogP contribution in [-0.4, -0.2) is 57.5 Å². The largest absolute Gasteiger partial charge is 0.243 e. The molecule has 0 amide bonds. The Morgan fingerprint density at radius 3 is 1.34 bits per heavy atom. The molecule has 2 aromatic rings. The zero-order chi connectivity index (χ0) is 26.6. The summed E-state index contributed by atoms with van der Waals surface area (Å²) in [4.78, 5) is 0.658. The van der Waals surface area contributed by atoms with Crippen LogP contribution in [0.15, 0.2) is 34.1 Å². The predicted molar refractivity (Wildman–Crippen MR) is 144 cm³/mol. The molecule has 0 atom stereocenters. The smallest absolute Gasteiger partial charge is 0.207 e. The van der Waals surface area contributed by atoms with Gasteiger partial charge in [-0.15, -0.1) is 11.6 Å². The lowest BCUT2D eigenvalue weighted by atomic mass is 10.1. The zero-order valence-corrected chi connectivity index (χ0v) is 24.4. The Labute approximate surface area is 217 Å². The van der Waals surface area contributed by atoms with Gasteiger partial charge in [0.2, 0.25) is 20.0 Å². The molecule has 35 heavy (non-hydrogen) atoms. The molecule has 0 N–H and O–H groups in total. The van der Waals surface area contributed by atoms with Crippen molar-refractivity contribution in [3.05, 3.63) is 57.6 Å². The summed E-state index contributed by atoms with van der Waals surface area (Å²) in [6.45, 7) is 14.0. The Kier molecular flexibility index (Phi) is 10.4. The van der Waals surface area contributed by atoms with E-state index in [-0.39, 0.29) is 19.6 Å². The highest BCUT2D eigenvalue weighted by Crippen LogP contribution is 2.27. The number of hydrogen-bond acceptors (Lipinski definition) is 4. The Balaban J connectivity index is 2.30. The predicted octanol–water partition coefficient (Wildman–Crippen LogP) is 5.26. The van der Waals surface area contributed by atoms with Crippen LogP contribution in [0.1, 0.15) is 53.1 Å². The molecule has 0 heterocycles. The van der Waals surface area contributed by atoms with E-state index in [1.54, 1.807) is 6.92 Å². The van der Waals surface area contributed by atoms with Gasteiger partial charge in [0, 0.05) is 32.1 Å². The van der Waals surface area contributed by atoms with Crippen LogP contribution in [-0.2, 0) is 20.0 Å². The van der Waals surface area contributed by atoms with Crippen molar-refractivity contribution in [2.45, 2.75) is 71.1 Å². The summed E-state index contributed by atoms with van der Waals surface area (Å²) in [7, 11) is -7.46. The maximum atomic E-state index is 13.6. The molecule has 9 heteroatoms. The van der Waals surface area contributed by atoms with Crippen LogP contribution >= 0.6 is 11.6 Å². The minimum atomic E-state index is -3.76. The fourth-order valence-electron chi connectivity index (χ4n) is 4.87. The van der Waals surface area contributed by atoms with E-state index in [9.17, 15) is 16.8 Å². The van der Waals surface area contributed by atoms with E-state index in [1.165, 1.54) is 8.61 Å². The van der Waals surface area contributed by atoms with Gasteiger partial charge in [-0.3, -0.25) is 0 Å². The number of halogens is 1. The lowest BCUT2D eigenvalue weighted by Gasteiger charge is -2.27. The van der Waals surface area contributed by atoms with E-state index in [0.29, 0.717) is 46.2 Å². The first-order valence-electron chi connectivity index (χ1n) is 12.0. The number of aryl methyl sites for hydroxylation is 6.